The van der Waals surface area contributed by atoms with Gasteiger partial charge in [0.1, 0.15) is 5.82 Å². The van der Waals surface area contributed by atoms with Crippen LogP contribution in [0, 0.1) is 5.82 Å². The van der Waals surface area contributed by atoms with E-state index in [1.165, 1.54) is 6.07 Å². The molecule has 0 saturated heterocycles. The van der Waals surface area contributed by atoms with E-state index in [-0.39, 0.29) is 17.5 Å². The van der Waals surface area contributed by atoms with Crippen LogP contribution in [-0.2, 0) is 6.42 Å². The van der Waals surface area contributed by atoms with Gasteiger partial charge < -0.3 is 5.32 Å². The summed E-state index contributed by atoms with van der Waals surface area (Å²) in [6.07, 6.45) is 0.599. The Kier molecular flexibility index (Phi) is 5.76. The lowest BCUT2D eigenvalue weighted by atomic mass is 10.1. The molecule has 1 amide bonds. The van der Waals surface area contributed by atoms with Crippen LogP contribution in [0.3, 0.4) is 0 Å². The van der Waals surface area contributed by atoms with Crippen LogP contribution < -0.4 is 5.32 Å². The van der Waals surface area contributed by atoms with E-state index in [9.17, 15) is 9.18 Å². The Balaban J connectivity index is 2.10. The molecule has 0 aliphatic rings. The van der Waals surface area contributed by atoms with Crippen LogP contribution in [0.5, 0.6) is 0 Å². The number of alkyl halides is 1. The van der Waals surface area contributed by atoms with Gasteiger partial charge in [0, 0.05) is 16.4 Å². The lowest BCUT2D eigenvalue weighted by Crippen LogP contribution is -2.38. The van der Waals surface area contributed by atoms with Gasteiger partial charge in [0.15, 0.2) is 0 Å². The summed E-state index contributed by atoms with van der Waals surface area (Å²) < 4.78 is 14.2. The number of carbonyl (C=O) groups excluding carboxylic acids is 1. The van der Waals surface area contributed by atoms with Gasteiger partial charge in [0.25, 0.3) is 5.91 Å². The molecule has 2 aromatic carbocycles. The SMILES string of the molecule is O=C(NC(CCl)Cc1ccccc1)c1c(F)cccc1Br. The Morgan fingerprint density at radius 3 is 2.52 bits per heavy atom. The van der Waals surface area contributed by atoms with E-state index in [0.29, 0.717) is 10.9 Å². The Morgan fingerprint density at radius 1 is 1.19 bits per heavy atom. The highest BCUT2D eigenvalue weighted by atomic mass is 79.9. The highest BCUT2D eigenvalue weighted by Crippen LogP contribution is 2.19. The van der Waals surface area contributed by atoms with Crippen LogP contribution in [0.4, 0.5) is 4.39 Å². The summed E-state index contributed by atoms with van der Waals surface area (Å²) in [5.74, 6) is -0.774. The zero-order valence-corrected chi connectivity index (χ0v) is 13.5. The van der Waals surface area contributed by atoms with E-state index in [4.69, 9.17) is 11.6 Å². The molecule has 1 unspecified atom stereocenters. The summed E-state index contributed by atoms with van der Waals surface area (Å²) in [5.41, 5.74) is 1.07. The molecule has 1 atom stereocenters. The number of hydrogen-bond donors (Lipinski definition) is 1. The van der Waals surface area contributed by atoms with Gasteiger partial charge in [-0.25, -0.2) is 4.39 Å². The molecule has 0 aliphatic heterocycles. The average molecular weight is 371 g/mol. The van der Waals surface area contributed by atoms with Crippen LogP contribution >= 0.6 is 27.5 Å². The van der Waals surface area contributed by atoms with Crippen LogP contribution in [0.1, 0.15) is 15.9 Å². The van der Waals surface area contributed by atoms with Gasteiger partial charge in [0.2, 0.25) is 0 Å². The Bertz CT molecular complexity index is 601. The number of halogens is 3. The first kappa shape index (κ1) is 16.0. The summed E-state index contributed by atoms with van der Waals surface area (Å²) in [7, 11) is 0. The first-order valence-electron chi connectivity index (χ1n) is 6.46. The van der Waals surface area contributed by atoms with Crippen molar-refractivity contribution in [2.75, 3.05) is 5.88 Å². The van der Waals surface area contributed by atoms with Crippen molar-refractivity contribution in [3.63, 3.8) is 0 Å². The fraction of sp³-hybridized carbons (Fsp3) is 0.188. The molecular weight excluding hydrogens is 357 g/mol. The monoisotopic (exact) mass is 369 g/mol. The molecule has 2 aromatic rings. The molecule has 2 nitrogen and oxygen atoms in total. The third kappa shape index (κ3) is 4.29. The summed E-state index contributed by atoms with van der Waals surface area (Å²) in [4.78, 5) is 12.2. The van der Waals surface area contributed by atoms with Crippen LogP contribution in [-0.4, -0.2) is 17.8 Å². The number of nitrogens with one attached hydrogen (secondary N) is 1. The molecule has 0 fully saturated rings. The second kappa shape index (κ2) is 7.57. The zero-order chi connectivity index (χ0) is 15.2. The summed E-state index contributed by atoms with van der Waals surface area (Å²) in [6.45, 7) is 0. The van der Waals surface area contributed by atoms with Crippen molar-refractivity contribution in [3.8, 4) is 0 Å². The molecular formula is C16H14BrClFNO. The quantitative estimate of drug-likeness (QED) is 0.787. The number of hydrogen-bond acceptors (Lipinski definition) is 1. The van der Waals surface area contributed by atoms with Gasteiger partial charge in [-0.1, -0.05) is 36.4 Å². The number of rotatable bonds is 5. The second-order valence-electron chi connectivity index (χ2n) is 4.61. The molecule has 0 radical (unpaired) electrons. The van der Waals surface area contributed by atoms with Gasteiger partial charge in [0.05, 0.1) is 5.56 Å². The highest BCUT2D eigenvalue weighted by Gasteiger charge is 2.19. The summed E-state index contributed by atoms with van der Waals surface area (Å²) in [6, 6.07) is 13.9. The Hall–Kier alpha value is -1.39. The maximum Gasteiger partial charge on any atom is 0.255 e. The molecule has 0 heterocycles. The minimum absolute atomic E-state index is 0.000628. The van der Waals surface area contributed by atoms with Crippen molar-refractivity contribution in [2.24, 2.45) is 0 Å². The third-order valence-electron chi connectivity index (χ3n) is 3.04. The normalized spacial score (nSPS) is 12.0. The van der Waals surface area contributed by atoms with E-state index in [0.717, 1.165) is 5.56 Å². The fourth-order valence-electron chi connectivity index (χ4n) is 2.02. The van der Waals surface area contributed by atoms with Crippen molar-refractivity contribution in [1.82, 2.24) is 5.32 Å². The standard InChI is InChI=1S/C16H14BrClFNO/c17-13-7-4-8-14(19)15(13)16(21)20-12(10-18)9-11-5-2-1-3-6-11/h1-8,12H,9-10H2,(H,20,21). The topological polar surface area (TPSA) is 29.1 Å². The van der Waals surface area contributed by atoms with Crippen molar-refractivity contribution in [1.29, 1.82) is 0 Å². The van der Waals surface area contributed by atoms with Gasteiger partial charge in [-0.3, -0.25) is 4.79 Å². The molecule has 21 heavy (non-hydrogen) atoms. The lowest BCUT2D eigenvalue weighted by molar-refractivity contribution is 0.0935. The largest absolute Gasteiger partial charge is 0.348 e. The number of carbonyl (C=O) groups is 1. The number of benzene rings is 2. The maximum atomic E-state index is 13.8. The minimum Gasteiger partial charge on any atom is -0.348 e. The molecule has 0 aliphatic carbocycles. The predicted molar refractivity (Wildman–Crippen MR) is 86.2 cm³/mol. The van der Waals surface area contributed by atoms with Gasteiger partial charge in [-0.15, -0.1) is 11.6 Å². The zero-order valence-electron chi connectivity index (χ0n) is 11.2. The van der Waals surface area contributed by atoms with E-state index in [2.05, 4.69) is 21.2 Å². The Labute approximate surface area is 136 Å². The van der Waals surface area contributed by atoms with E-state index in [1.807, 2.05) is 30.3 Å². The molecule has 0 aromatic heterocycles. The van der Waals surface area contributed by atoms with Crippen molar-refractivity contribution in [2.45, 2.75) is 12.5 Å². The van der Waals surface area contributed by atoms with Crippen molar-refractivity contribution >= 4 is 33.4 Å². The molecule has 0 saturated carbocycles. The van der Waals surface area contributed by atoms with Gasteiger partial charge in [-0.05, 0) is 40.0 Å². The summed E-state index contributed by atoms with van der Waals surface area (Å²) >= 11 is 9.10. The van der Waals surface area contributed by atoms with E-state index in [1.54, 1.807) is 12.1 Å². The van der Waals surface area contributed by atoms with Crippen LogP contribution in [0.2, 0.25) is 0 Å². The molecule has 110 valence electrons. The molecule has 0 bridgehead atoms. The smallest absolute Gasteiger partial charge is 0.255 e. The van der Waals surface area contributed by atoms with Gasteiger partial charge >= 0.3 is 0 Å². The summed E-state index contributed by atoms with van der Waals surface area (Å²) in [5, 5.41) is 2.77. The van der Waals surface area contributed by atoms with Gasteiger partial charge in [-0.2, -0.15) is 0 Å². The first-order chi connectivity index (χ1) is 10.1. The number of amides is 1. The Morgan fingerprint density at radius 2 is 1.90 bits per heavy atom. The van der Waals surface area contributed by atoms with Crippen molar-refractivity contribution in [3.05, 3.63) is 69.9 Å². The highest BCUT2D eigenvalue weighted by molar-refractivity contribution is 9.10. The minimum atomic E-state index is -0.560. The third-order valence-corrected chi connectivity index (χ3v) is 4.07. The van der Waals surface area contributed by atoms with E-state index >= 15 is 0 Å². The molecule has 0 spiro atoms. The molecule has 1 N–H and O–H groups in total. The molecule has 5 heteroatoms. The fourth-order valence-corrected chi connectivity index (χ4v) is 2.72. The van der Waals surface area contributed by atoms with Crippen LogP contribution in [0.25, 0.3) is 0 Å². The average Bonchev–Trinajstić information content (AvgIpc) is 2.47. The lowest BCUT2D eigenvalue weighted by Gasteiger charge is -2.17. The maximum absolute atomic E-state index is 13.8. The predicted octanol–water partition coefficient (Wildman–Crippen LogP) is 4.17. The van der Waals surface area contributed by atoms with E-state index < -0.39 is 11.7 Å². The van der Waals surface area contributed by atoms with Crippen LogP contribution in [0.15, 0.2) is 53.0 Å². The molecule has 2 rings (SSSR count). The first-order valence-corrected chi connectivity index (χ1v) is 7.79. The second-order valence-corrected chi connectivity index (χ2v) is 5.77. The van der Waals surface area contributed by atoms with Crippen molar-refractivity contribution < 1.29 is 9.18 Å².